The molecule has 2 aliphatic rings. The summed E-state index contributed by atoms with van der Waals surface area (Å²) in [5.74, 6) is 0.429. The molecule has 2 aliphatic heterocycles. The Morgan fingerprint density at radius 1 is 1.24 bits per heavy atom. The van der Waals surface area contributed by atoms with E-state index in [1.54, 1.807) is 15.5 Å². The lowest BCUT2D eigenvalue weighted by Crippen LogP contribution is -2.39. The number of nitrogens with one attached hydrogen (secondary N) is 1. The highest BCUT2D eigenvalue weighted by molar-refractivity contribution is 7.92. The molecule has 2 aromatic heterocycles. The molecule has 11 nitrogen and oxygen atoms in total. The van der Waals surface area contributed by atoms with Gasteiger partial charge >= 0.3 is 0 Å². The minimum absolute atomic E-state index is 0.184. The zero-order valence-electron chi connectivity index (χ0n) is 20.6. The van der Waals surface area contributed by atoms with Gasteiger partial charge in [0.15, 0.2) is 5.65 Å². The number of nitrogens with zero attached hydrogens (tertiary/aromatic N) is 5. The van der Waals surface area contributed by atoms with Gasteiger partial charge in [-0.1, -0.05) is 11.6 Å². The molecule has 13 heteroatoms. The third-order valence-corrected chi connectivity index (χ3v) is 7.69. The molecule has 2 fully saturated rings. The lowest BCUT2D eigenvalue weighted by atomic mass is 9.98. The molecule has 5 rings (SSSR count). The van der Waals surface area contributed by atoms with E-state index in [1.807, 2.05) is 24.1 Å². The van der Waals surface area contributed by atoms with Crippen LogP contribution in [0.4, 0.5) is 11.5 Å². The number of halogens is 1. The van der Waals surface area contributed by atoms with E-state index in [4.69, 9.17) is 27.4 Å². The first-order chi connectivity index (χ1) is 17.5. The Kier molecular flexibility index (Phi) is 6.77. The molecule has 4 N–H and O–H groups in total. The molecule has 198 valence electrons. The van der Waals surface area contributed by atoms with Gasteiger partial charge in [-0.25, -0.2) is 17.9 Å². The van der Waals surface area contributed by atoms with Crippen molar-refractivity contribution in [3.63, 3.8) is 0 Å². The van der Waals surface area contributed by atoms with Crippen molar-refractivity contribution in [3.05, 3.63) is 52.3 Å². The number of rotatable bonds is 5. The van der Waals surface area contributed by atoms with Crippen molar-refractivity contribution < 1.29 is 18.3 Å². The maximum Gasteiger partial charge on any atom is 0.256 e. The van der Waals surface area contributed by atoms with E-state index in [2.05, 4.69) is 4.72 Å². The van der Waals surface area contributed by atoms with Crippen molar-refractivity contribution in [2.45, 2.75) is 44.4 Å². The van der Waals surface area contributed by atoms with Gasteiger partial charge in [-0.3, -0.25) is 9.52 Å². The second kappa shape index (κ2) is 9.75. The normalized spacial score (nSPS) is 22.6. The van der Waals surface area contributed by atoms with E-state index in [9.17, 15) is 18.3 Å². The number of carbonyl (C=O) groups is 1. The van der Waals surface area contributed by atoms with Gasteiger partial charge in [-0.2, -0.15) is 5.10 Å². The van der Waals surface area contributed by atoms with Gasteiger partial charge in [-0.15, -0.1) is 0 Å². The van der Waals surface area contributed by atoms with Crippen LogP contribution >= 0.6 is 11.6 Å². The summed E-state index contributed by atoms with van der Waals surface area (Å²) in [6.07, 6.45) is 4.78. The number of piperidine rings is 1. The lowest BCUT2D eigenvalue weighted by molar-refractivity contribution is 0.0607. The first-order valence-corrected chi connectivity index (χ1v) is 14.4. The molecule has 0 aliphatic carbocycles. The number of sulfonamides is 1. The first kappa shape index (κ1) is 25.7. The molecule has 3 aromatic rings. The number of hydrogen-bond acceptors (Lipinski definition) is 8. The van der Waals surface area contributed by atoms with Gasteiger partial charge in [0, 0.05) is 48.5 Å². The number of aliphatic hydroxyl groups excluding tert-OH is 1. The SMILES string of the molecule is Cc1cn2nc([C@@H]3CCCCN3C(=O)c3cc(Cl)ccc3NS(C)(=O)=O)cc2nc1N1C[C@@H](N)[C@H](O)C1. The fraction of sp³-hybridized carbons (Fsp3) is 0.458. The smallest absolute Gasteiger partial charge is 0.256 e. The van der Waals surface area contributed by atoms with Gasteiger partial charge in [0.1, 0.15) is 5.82 Å². The predicted molar refractivity (Wildman–Crippen MR) is 141 cm³/mol. The Balaban J connectivity index is 1.48. The Labute approximate surface area is 220 Å². The van der Waals surface area contributed by atoms with E-state index < -0.39 is 16.1 Å². The van der Waals surface area contributed by atoms with E-state index in [1.165, 1.54) is 12.1 Å². The summed E-state index contributed by atoms with van der Waals surface area (Å²) in [5, 5.41) is 15.2. The molecule has 0 bridgehead atoms. The van der Waals surface area contributed by atoms with Crippen LogP contribution in [-0.4, -0.2) is 77.0 Å². The summed E-state index contributed by atoms with van der Waals surface area (Å²) in [6, 6.07) is 5.76. The fourth-order valence-electron chi connectivity index (χ4n) is 5.11. The number of hydrogen-bond donors (Lipinski definition) is 3. The van der Waals surface area contributed by atoms with Crippen molar-refractivity contribution in [1.29, 1.82) is 0 Å². The summed E-state index contributed by atoms with van der Waals surface area (Å²) in [6.45, 7) is 3.37. The van der Waals surface area contributed by atoms with Crippen LogP contribution in [0.2, 0.25) is 5.02 Å². The van der Waals surface area contributed by atoms with Crippen LogP contribution in [0.25, 0.3) is 5.65 Å². The van der Waals surface area contributed by atoms with Crippen molar-refractivity contribution >= 4 is 44.7 Å². The standard InChI is InChI=1S/C24H30ClN7O4S/c1-14-11-32-22(27-23(14)30-12-17(26)21(33)13-30)10-19(28-32)20-5-3-4-8-31(20)24(34)16-9-15(25)6-7-18(16)29-37(2,35)36/h6-7,9-11,17,20-21,29,33H,3-5,8,12-13,26H2,1-2H3/t17-,20+,21-/m1/s1. The molecule has 0 saturated carbocycles. The van der Waals surface area contributed by atoms with E-state index in [-0.39, 0.29) is 29.2 Å². The highest BCUT2D eigenvalue weighted by atomic mass is 35.5. The topological polar surface area (TPSA) is 146 Å². The molecular weight excluding hydrogens is 518 g/mol. The zero-order valence-corrected chi connectivity index (χ0v) is 22.2. The lowest BCUT2D eigenvalue weighted by Gasteiger charge is -2.35. The van der Waals surface area contributed by atoms with Crippen LogP contribution < -0.4 is 15.4 Å². The molecule has 0 radical (unpaired) electrons. The third kappa shape index (κ3) is 5.24. The molecule has 2 saturated heterocycles. The van der Waals surface area contributed by atoms with Gasteiger partial charge < -0.3 is 20.6 Å². The molecule has 0 spiro atoms. The number of β-amino-alcohol motifs (C(OH)–C–C–N with tert-alkyl or cyclic N) is 1. The molecule has 3 atom stereocenters. The number of anilines is 2. The number of aliphatic hydroxyl groups is 1. The van der Waals surface area contributed by atoms with Crippen LogP contribution in [0.15, 0.2) is 30.5 Å². The average molecular weight is 548 g/mol. The van der Waals surface area contributed by atoms with Gasteiger partial charge in [0.25, 0.3) is 5.91 Å². The number of fused-ring (bicyclic) bond motifs is 1. The van der Waals surface area contributed by atoms with Crippen LogP contribution in [-0.2, 0) is 10.0 Å². The number of nitrogens with two attached hydrogens (primary N) is 1. The molecule has 1 amide bonds. The number of benzene rings is 1. The van der Waals surface area contributed by atoms with Crippen molar-refractivity contribution in [3.8, 4) is 0 Å². The summed E-state index contributed by atoms with van der Waals surface area (Å²) >= 11 is 6.18. The summed E-state index contributed by atoms with van der Waals surface area (Å²) < 4.78 is 27.9. The largest absolute Gasteiger partial charge is 0.390 e. The van der Waals surface area contributed by atoms with E-state index in [0.717, 1.165) is 30.5 Å². The minimum atomic E-state index is -3.60. The molecular formula is C24H30ClN7O4S. The van der Waals surface area contributed by atoms with Gasteiger partial charge in [-0.05, 0) is 44.4 Å². The number of carbonyl (C=O) groups excluding carboxylic acids is 1. The highest BCUT2D eigenvalue weighted by Crippen LogP contribution is 2.34. The Hall–Kier alpha value is -2.93. The average Bonchev–Trinajstić information content (AvgIpc) is 3.40. The fourth-order valence-corrected chi connectivity index (χ4v) is 5.86. The number of amides is 1. The van der Waals surface area contributed by atoms with Gasteiger partial charge in [0.2, 0.25) is 10.0 Å². The summed E-state index contributed by atoms with van der Waals surface area (Å²) in [5.41, 5.74) is 8.60. The minimum Gasteiger partial charge on any atom is -0.390 e. The van der Waals surface area contributed by atoms with Crippen LogP contribution in [0.3, 0.4) is 0 Å². The number of likely N-dealkylation sites (tertiary alicyclic amines) is 1. The molecule has 37 heavy (non-hydrogen) atoms. The third-order valence-electron chi connectivity index (χ3n) is 6.87. The Morgan fingerprint density at radius 2 is 2.03 bits per heavy atom. The van der Waals surface area contributed by atoms with Crippen molar-refractivity contribution in [1.82, 2.24) is 19.5 Å². The van der Waals surface area contributed by atoms with E-state index >= 15 is 0 Å². The molecule has 4 heterocycles. The number of aromatic nitrogens is 3. The summed E-state index contributed by atoms with van der Waals surface area (Å²) in [4.78, 5) is 22.2. The number of aryl methyl sites for hydroxylation is 1. The highest BCUT2D eigenvalue weighted by Gasteiger charge is 2.33. The maximum absolute atomic E-state index is 13.7. The Morgan fingerprint density at radius 3 is 2.73 bits per heavy atom. The van der Waals surface area contributed by atoms with Crippen LogP contribution in [0.1, 0.15) is 46.9 Å². The molecule has 1 aromatic carbocycles. The molecule has 0 unspecified atom stereocenters. The van der Waals surface area contributed by atoms with Gasteiger partial charge in [0.05, 0.1) is 35.3 Å². The maximum atomic E-state index is 13.7. The summed E-state index contributed by atoms with van der Waals surface area (Å²) in [7, 11) is -3.60. The van der Waals surface area contributed by atoms with Crippen molar-refractivity contribution in [2.75, 3.05) is 35.5 Å². The second-order valence-electron chi connectivity index (χ2n) is 9.83. The van der Waals surface area contributed by atoms with E-state index in [0.29, 0.717) is 42.4 Å². The van der Waals surface area contributed by atoms with Crippen LogP contribution in [0, 0.1) is 6.92 Å². The Bertz CT molecular complexity index is 1450. The zero-order chi connectivity index (χ0) is 26.5. The van der Waals surface area contributed by atoms with Crippen LogP contribution in [0.5, 0.6) is 0 Å². The van der Waals surface area contributed by atoms with Crippen molar-refractivity contribution in [2.24, 2.45) is 5.73 Å². The first-order valence-electron chi connectivity index (χ1n) is 12.1. The monoisotopic (exact) mass is 547 g/mol. The quantitative estimate of drug-likeness (QED) is 0.439. The predicted octanol–water partition coefficient (Wildman–Crippen LogP) is 1.94. The second-order valence-corrected chi connectivity index (χ2v) is 12.0.